The molecule has 0 N–H and O–H groups in total. The first-order valence-electron chi connectivity index (χ1n) is 6.15. The normalized spacial score (nSPS) is 62.3. The topological polar surface area (TPSA) is 35.5 Å². The molecule has 3 heteroatoms. The fraction of sp³-hybridized carbons (Fsp3) is 0.643. The van der Waals surface area contributed by atoms with Gasteiger partial charge in [0.1, 0.15) is 5.60 Å². The molecule has 3 aliphatic heterocycles. The molecule has 0 unspecified atom stereocenters. The van der Waals surface area contributed by atoms with Crippen LogP contribution in [0.15, 0.2) is 24.3 Å². The molecule has 3 heterocycles. The predicted molar refractivity (Wildman–Crippen MR) is 61.5 cm³/mol. The third-order valence-corrected chi connectivity index (χ3v) is 5.59. The van der Waals surface area contributed by atoms with Crippen LogP contribution >= 0.6 is 0 Å². The highest BCUT2D eigenvalue weighted by atomic mass is 16.6. The number of ether oxygens (including phenoxy) is 2. The standard InChI is InChI=1S/C14H16O3/c1-11-6-7-12(2)13(3,10(11)15)14(8-16-12)5-4-9(11)17-14/h4-7,9H,8H2,1-3H3/t9-,11-,12-,13-,14-/m1/s1. The van der Waals surface area contributed by atoms with Crippen LogP contribution in [0.2, 0.25) is 0 Å². The second-order valence-electron chi connectivity index (χ2n) is 6.25. The van der Waals surface area contributed by atoms with Gasteiger partial charge < -0.3 is 9.47 Å². The zero-order chi connectivity index (χ0) is 12.1. The number of ketones is 1. The smallest absolute Gasteiger partial charge is 0.157 e. The fourth-order valence-corrected chi connectivity index (χ4v) is 4.01. The van der Waals surface area contributed by atoms with E-state index in [-0.39, 0.29) is 11.9 Å². The van der Waals surface area contributed by atoms with E-state index in [0.29, 0.717) is 6.61 Å². The van der Waals surface area contributed by atoms with Crippen molar-refractivity contribution in [1.29, 1.82) is 0 Å². The summed E-state index contributed by atoms with van der Waals surface area (Å²) >= 11 is 0. The van der Waals surface area contributed by atoms with Crippen LogP contribution in [0.25, 0.3) is 0 Å². The average molecular weight is 232 g/mol. The molecule has 5 atom stereocenters. The molecule has 2 saturated heterocycles. The Morgan fingerprint density at radius 2 is 2.00 bits per heavy atom. The van der Waals surface area contributed by atoms with Gasteiger partial charge in [-0.15, -0.1) is 0 Å². The summed E-state index contributed by atoms with van der Waals surface area (Å²) in [6.07, 6.45) is 8.00. The number of carbonyl (C=O) groups excluding carboxylic acids is 1. The molecule has 0 aromatic carbocycles. The molecule has 1 spiro atoms. The van der Waals surface area contributed by atoms with E-state index in [1.807, 2.05) is 32.9 Å². The second-order valence-corrected chi connectivity index (χ2v) is 6.25. The monoisotopic (exact) mass is 232 g/mol. The molecule has 90 valence electrons. The van der Waals surface area contributed by atoms with Gasteiger partial charge in [0, 0.05) is 0 Å². The lowest BCUT2D eigenvalue weighted by atomic mass is 9.53. The molecule has 0 radical (unpaired) electrons. The fourth-order valence-electron chi connectivity index (χ4n) is 4.01. The Morgan fingerprint density at radius 3 is 2.76 bits per heavy atom. The highest BCUT2D eigenvalue weighted by Crippen LogP contribution is 2.65. The van der Waals surface area contributed by atoms with Crippen molar-refractivity contribution in [2.75, 3.05) is 6.61 Å². The SMILES string of the molecule is C[C@@]12C(=O)[C@]3(C)C=C[C@@]1(C)OC[C@]21C=C[C@H]3O1. The zero-order valence-electron chi connectivity index (χ0n) is 10.3. The minimum Gasteiger partial charge on any atom is -0.367 e. The lowest BCUT2D eigenvalue weighted by molar-refractivity contribution is -0.189. The van der Waals surface area contributed by atoms with Crippen LogP contribution in [0.5, 0.6) is 0 Å². The Labute approximate surface area is 100 Å². The molecule has 1 aliphatic carbocycles. The molecule has 4 rings (SSSR count). The number of hydrogen-bond donors (Lipinski definition) is 0. The lowest BCUT2D eigenvalue weighted by Crippen LogP contribution is -2.68. The Kier molecular flexibility index (Phi) is 1.35. The summed E-state index contributed by atoms with van der Waals surface area (Å²) in [6, 6.07) is 0. The number of Topliss-reactive ketones (excluding diaryl/α,β-unsaturated/α-hetero) is 1. The summed E-state index contributed by atoms with van der Waals surface area (Å²) in [6.45, 7) is 6.43. The summed E-state index contributed by atoms with van der Waals surface area (Å²) in [7, 11) is 0. The van der Waals surface area contributed by atoms with Crippen LogP contribution in [0.3, 0.4) is 0 Å². The Hall–Kier alpha value is -0.930. The molecule has 3 nitrogen and oxygen atoms in total. The highest BCUT2D eigenvalue weighted by molar-refractivity contribution is 5.98. The minimum atomic E-state index is -0.604. The third-order valence-electron chi connectivity index (χ3n) is 5.59. The van der Waals surface area contributed by atoms with E-state index in [1.165, 1.54) is 0 Å². The summed E-state index contributed by atoms with van der Waals surface area (Å²) in [5, 5.41) is 0. The molecule has 2 fully saturated rings. The van der Waals surface area contributed by atoms with Crippen molar-refractivity contribution in [3.05, 3.63) is 24.3 Å². The van der Waals surface area contributed by atoms with Crippen molar-refractivity contribution in [3.63, 3.8) is 0 Å². The van der Waals surface area contributed by atoms with Gasteiger partial charge in [0.2, 0.25) is 0 Å². The number of fused-ring (bicyclic) bond motifs is 3. The molecule has 0 aromatic heterocycles. The van der Waals surface area contributed by atoms with Gasteiger partial charge >= 0.3 is 0 Å². The summed E-state index contributed by atoms with van der Waals surface area (Å²) in [4.78, 5) is 12.9. The molecule has 0 aromatic rings. The number of hydrogen-bond acceptors (Lipinski definition) is 3. The quantitative estimate of drug-likeness (QED) is 0.595. The Morgan fingerprint density at radius 1 is 1.24 bits per heavy atom. The van der Waals surface area contributed by atoms with Gasteiger partial charge in [-0.25, -0.2) is 0 Å². The van der Waals surface area contributed by atoms with Gasteiger partial charge in [0.25, 0.3) is 0 Å². The van der Waals surface area contributed by atoms with Crippen molar-refractivity contribution >= 4 is 5.78 Å². The van der Waals surface area contributed by atoms with Crippen molar-refractivity contribution in [1.82, 2.24) is 0 Å². The highest BCUT2D eigenvalue weighted by Gasteiger charge is 2.77. The van der Waals surface area contributed by atoms with Gasteiger partial charge in [0.05, 0.1) is 29.1 Å². The van der Waals surface area contributed by atoms with Gasteiger partial charge in [-0.05, 0) is 20.8 Å². The van der Waals surface area contributed by atoms with E-state index in [1.54, 1.807) is 0 Å². The molecule has 0 amide bonds. The maximum absolute atomic E-state index is 12.9. The van der Waals surface area contributed by atoms with Crippen molar-refractivity contribution in [3.8, 4) is 0 Å². The van der Waals surface area contributed by atoms with Gasteiger partial charge in [-0.2, -0.15) is 0 Å². The van der Waals surface area contributed by atoms with Crippen LogP contribution in [-0.2, 0) is 14.3 Å². The van der Waals surface area contributed by atoms with E-state index < -0.39 is 22.0 Å². The number of rotatable bonds is 0. The first-order valence-corrected chi connectivity index (χ1v) is 6.15. The minimum absolute atomic E-state index is 0.134. The molecular formula is C14H16O3. The first kappa shape index (κ1) is 10.0. The molecule has 4 aliphatic rings. The summed E-state index contributed by atoms with van der Waals surface area (Å²) in [5.41, 5.74) is -2.22. The molecular weight excluding hydrogens is 216 g/mol. The maximum Gasteiger partial charge on any atom is 0.157 e. The summed E-state index contributed by atoms with van der Waals surface area (Å²) < 4.78 is 12.1. The van der Waals surface area contributed by atoms with Crippen LogP contribution in [0.1, 0.15) is 20.8 Å². The van der Waals surface area contributed by atoms with Gasteiger partial charge in [-0.1, -0.05) is 24.3 Å². The zero-order valence-corrected chi connectivity index (χ0v) is 10.3. The lowest BCUT2D eigenvalue weighted by Gasteiger charge is -2.55. The molecule has 17 heavy (non-hydrogen) atoms. The Bertz CT molecular complexity index is 508. The predicted octanol–water partition coefficient (Wildman–Crippen LogP) is 1.63. The second kappa shape index (κ2) is 2.29. The Balaban J connectivity index is 2.11. The molecule has 0 saturated carbocycles. The van der Waals surface area contributed by atoms with Crippen LogP contribution in [0.4, 0.5) is 0 Å². The maximum atomic E-state index is 12.9. The van der Waals surface area contributed by atoms with Crippen LogP contribution in [-0.4, -0.2) is 29.7 Å². The summed E-state index contributed by atoms with van der Waals surface area (Å²) in [5.74, 6) is 0.258. The van der Waals surface area contributed by atoms with Crippen molar-refractivity contribution < 1.29 is 14.3 Å². The van der Waals surface area contributed by atoms with E-state index in [4.69, 9.17) is 9.47 Å². The average Bonchev–Trinajstić information content (AvgIpc) is 2.83. The van der Waals surface area contributed by atoms with E-state index in [0.717, 1.165) is 0 Å². The van der Waals surface area contributed by atoms with E-state index >= 15 is 0 Å². The third kappa shape index (κ3) is 0.713. The van der Waals surface area contributed by atoms with E-state index in [9.17, 15) is 4.79 Å². The van der Waals surface area contributed by atoms with Crippen molar-refractivity contribution in [2.24, 2.45) is 10.8 Å². The molecule has 4 bridgehead atoms. The van der Waals surface area contributed by atoms with Gasteiger partial charge in [-0.3, -0.25) is 4.79 Å². The van der Waals surface area contributed by atoms with Gasteiger partial charge in [0.15, 0.2) is 5.78 Å². The van der Waals surface area contributed by atoms with Crippen molar-refractivity contribution in [2.45, 2.75) is 38.1 Å². The first-order chi connectivity index (χ1) is 7.88. The van der Waals surface area contributed by atoms with Crippen LogP contribution < -0.4 is 0 Å². The van der Waals surface area contributed by atoms with E-state index in [2.05, 4.69) is 12.2 Å². The number of carbonyl (C=O) groups is 1. The van der Waals surface area contributed by atoms with Crippen LogP contribution in [0, 0.1) is 10.8 Å². The largest absolute Gasteiger partial charge is 0.367 e.